The van der Waals surface area contributed by atoms with E-state index in [-0.39, 0.29) is 11.5 Å². The van der Waals surface area contributed by atoms with Gasteiger partial charge in [0, 0.05) is 35.4 Å². The minimum absolute atomic E-state index is 0.122. The van der Waals surface area contributed by atoms with Crippen LogP contribution >= 0.6 is 0 Å². The van der Waals surface area contributed by atoms with Crippen molar-refractivity contribution in [1.29, 1.82) is 0 Å². The molecule has 1 amide bonds. The molecule has 0 saturated carbocycles. The molecule has 0 bridgehead atoms. The van der Waals surface area contributed by atoms with E-state index in [2.05, 4.69) is 0 Å². The number of benzene rings is 1. The van der Waals surface area contributed by atoms with Crippen LogP contribution in [0.3, 0.4) is 0 Å². The second-order valence-corrected chi connectivity index (χ2v) is 6.42. The molecule has 3 aromatic rings. The number of rotatable bonds is 2. The first-order valence-corrected chi connectivity index (χ1v) is 8.78. The highest BCUT2D eigenvalue weighted by atomic mass is 16.7. The van der Waals surface area contributed by atoms with Gasteiger partial charge in [-0.2, -0.15) is 0 Å². The van der Waals surface area contributed by atoms with E-state index in [1.165, 1.54) is 11.1 Å². The van der Waals surface area contributed by atoms with Gasteiger partial charge in [-0.15, -0.1) is 0 Å². The molecule has 1 fully saturated rings. The maximum absolute atomic E-state index is 11.4. The predicted molar refractivity (Wildman–Crippen MR) is 99.0 cm³/mol. The third-order valence-corrected chi connectivity index (χ3v) is 4.39. The zero-order valence-electron chi connectivity index (χ0n) is 15.5. The largest absolute Gasteiger partial charge is 0.461 e. The summed E-state index contributed by atoms with van der Waals surface area (Å²) >= 11 is 0. The summed E-state index contributed by atoms with van der Waals surface area (Å²) in [6, 6.07) is 5.51. The number of amides is 1. The number of nitrogens with zero attached hydrogens (tertiary/aromatic N) is 1. The minimum atomic E-state index is -0.319. The molecule has 1 saturated heterocycles. The van der Waals surface area contributed by atoms with Gasteiger partial charge in [-0.1, -0.05) is 0 Å². The molecular formula is C20H23NO5. The van der Waals surface area contributed by atoms with Gasteiger partial charge >= 0.3 is 5.63 Å². The van der Waals surface area contributed by atoms with Crippen LogP contribution < -0.4 is 5.63 Å². The van der Waals surface area contributed by atoms with Crippen LogP contribution in [0.2, 0.25) is 0 Å². The van der Waals surface area contributed by atoms with Crippen LogP contribution in [0.1, 0.15) is 36.7 Å². The normalized spacial score (nSPS) is 14.2. The van der Waals surface area contributed by atoms with Crippen LogP contribution in [-0.2, 0) is 9.63 Å². The molecule has 2 aromatic heterocycles. The van der Waals surface area contributed by atoms with E-state index in [1.54, 1.807) is 0 Å². The quantitative estimate of drug-likeness (QED) is 0.648. The Bertz CT molecular complexity index is 1010. The lowest BCUT2D eigenvalue weighted by Gasteiger charge is -2.12. The lowest BCUT2D eigenvalue weighted by molar-refractivity contribution is -0.175. The molecule has 0 N–H and O–H groups in total. The predicted octanol–water partition coefficient (Wildman–Crippen LogP) is 4.02. The van der Waals surface area contributed by atoms with Crippen molar-refractivity contribution in [3.05, 3.63) is 45.5 Å². The highest BCUT2D eigenvalue weighted by molar-refractivity contribution is 5.98. The lowest BCUT2D eigenvalue weighted by Crippen LogP contribution is -2.24. The fraction of sp³-hybridized carbons (Fsp3) is 0.400. The number of hydrogen-bond acceptors (Lipinski definition) is 5. The summed E-state index contributed by atoms with van der Waals surface area (Å²) in [4.78, 5) is 27.2. The van der Waals surface area contributed by atoms with Crippen LogP contribution in [0, 0.1) is 20.8 Å². The molecule has 1 aromatic carbocycles. The van der Waals surface area contributed by atoms with Crippen molar-refractivity contribution in [2.45, 2.75) is 40.5 Å². The molecule has 6 nitrogen and oxygen atoms in total. The van der Waals surface area contributed by atoms with Crippen molar-refractivity contribution in [3.63, 3.8) is 0 Å². The van der Waals surface area contributed by atoms with Crippen LogP contribution in [0.5, 0.6) is 0 Å². The molecule has 26 heavy (non-hydrogen) atoms. The van der Waals surface area contributed by atoms with Crippen LogP contribution in [0.25, 0.3) is 21.9 Å². The van der Waals surface area contributed by atoms with Crippen molar-refractivity contribution in [2.24, 2.45) is 0 Å². The van der Waals surface area contributed by atoms with Crippen LogP contribution in [-0.4, -0.2) is 24.1 Å². The van der Waals surface area contributed by atoms with E-state index in [0.29, 0.717) is 18.6 Å². The van der Waals surface area contributed by atoms with Crippen molar-refractivity contribution >= 4 is 27.8 Å². The molecule has 1 aliphatic heterocycles. The molecular weight excluding hydrogens is 334 g/mol. The average molecular weight is 357 g/mol. The van der Waals surface area contributed by atoms with E-state index < -0.39 is 0 Å². The van der Waals surface area contributed by atoms with Gasteiger partial charge in [-0.05, 0) is 51.8 Å². The summed E-state index contributed by atoms with van der Waals surface area (Å²) in [7, 11) is 0. The third-order valence-electron chi connectivity index (χ3n) is 4.39. The average Bonchev–Trinajstić information content (AvgIpc) is 3.16. The first-order chi connectivity index (χ1) is 12.4. The van der Waals surface area contributed by atoms with E-state index in [0.717, 1.165) is 46.2 Å². The lowest BCUT2D eigenvalue weighted by atomic mass is 10.1. The third kappa shape index (κ3) is 3.51. The van der Waals surface area contributed by atoms with Gasteiger partial charge in [0.15, 0.2) is 0 Å². The van der Waals surface area contributed by atoms with Crippen molar-refractivity contribution in [1.82, 2.24) is 5.06 Å². The number of fused-ring (bicyclic) bond motifs is 2. The Morgan fingerprint density at radius 3 is 2.50 bits per heavy atom. The van der Waals surface area contributed by atoms with Crippen LogP contribution in [0.4, 0.5) is 0 Å². The van der Waals surface area contributed by atoms with Gasteiger partial charge in [0.05, 0.1) is 6.61 Å². The fourth-order valence-electron chi connectivity index (χ4n) is 3.19. The molecule has 6 heteroatoms. The number of hydroxylamine groups is 2. The Hall–Kier alpha value is -2.60. The monoisotopic (exact) mass is 357 g/mol. The highest BCUT2D eigenvalue weighted by Gasteiger charge is 2.19. The number of carbonyl (C=O) groups is 1. The maximum Gasteiger partial charge on any atom is 0.336 e. The Morgan fingerprint density at radius 1 is 1.08 bits per heavy atom. The number of furan rings is 1. The van der Waals surface area contributed by atoms with Gasteiger partial charge < -0.3 is 8.83 Å². The Labute approximate surface area is 151 Å². The molecule has 0 atom stereocenters. The zero-order chi connectivity index (χ0) is 18.8. The molecule has 3 heterocycles. The summed E-state index contributed by atoms with van der Waals surface area (Å²) in [5, 5.41) is 3.46. The molecule has 1 aliphatic rings. The Kier molecular flexibility index (Phi) is 5.13. The summed E-state index contributed by atoms with van der Waals surface area (Å²) in [5.74, 6) is 0.982. The SMILES string of the molecule is CCON1CCCC1=O.Cc1cc2cc3c(C)cc(=O)oc3c(C)c2o1. The van der Waals surface area contributed by atoms with E-state index in [1.807, 2.05) is 39.8 Å². The van der Waals surface area contributed by atoms with Crippen molar-refractivity contribution < 1.29 is 18.5 Å². The zero-order valence-corrected chi connectivity index (χ0v) is 15.5. The smallest absolute Gasteiger partial charge is 0.336 e. The molecule has 4 rings (SSSR count). The standard InChI is InChI=1S/C14H12O3.C6H11NO2/c1-7-4-12(15)17-14-9(3)13-10(6-11(7)14)5-8(2)16-13;1-2-9-7-5-3-4-6(7)8/h4-6H,1-3H3;2-5H2,1H3. The second kappa shape index (κ2) is 7.33. The summed E-state index contributed by atoms with van der Waals surface area (Å²) in [6.45, 7) is 8.98. The summed E-state index contributed by atoms with van der Waals surface area (Å²) in [6.07, 6.45) is 1.60. The number of carbonyl (C=O) groups excluding carboxylic acids is 1. The Balaban J connectivity index is 0.000000185. The molecule has 138 valence electrons. The highest BCUT2D eigenvalue weighted by Crippen LogP contribution is 2.30. The fourth-order valence-corrected chi connectivity index (χ4v) is 3.19. The number of hydrogen-bond donors (Lipinski definition) is 0. The van der Waals surface area contributed by atoms with Crippen LogP contribution in [0.15, 0.2) is 31.8 Å². The van der Waals surface area contributed by atoms with Gasteiger partial charge in [-0.25, -0.2) is 9.86 Å². The first kappa shape index (κ1) is 18.2. The number of aryl methyl sites for hydroxylation is 3. The minimum Gasteiger partial charge on any atom is -0.461 e. The summed E-state index contributed by atoms with van der Waals surface area (Å²) in [5.41, 5.74) is 2.91. The van der Waals surface area contributed by atoms with E-state index in [9.17, 15) is 9.59 Å². The van der Waals surface area contributed by atoms with Gasteiger partial charge in [-0.3, -0.25) is 9.63 Å². The van der Waals surface area contributed by atoms with Crippen molar-refractivity contribution in [2.75, 3.05) is 13.2 Å². The van der Waals surface area contributed by atoms with Gasteiger partial charge in [0.25, 0.3) is 0 Å². The molecule has 0 spiro atoms. The summed E-state index contributed by atoms with van der Waals surface area (Å²) < 4.78 is 10.9. The topological polar surface area (TPSA) is 72.9 Å². The van der Waals surface area contributed by atoms with E-state index >= 15 is 0 Å². The molecule has 0 radical (unpaired) electrons. The van der Waals surface area contributed by atoms with Gasteiger partial charge in [0.2, 0.25) is 5.91 Å². The molecule has 0 unspecified atom stereocenters. The maximum atomic E-state index is 11.4. The second-order valence-electron chi connectivity index (χ2n) is 6.42. The van der Waals surface area contributed by atoms with Crippen molar-refractivity contribution in [3.8, 4) is 0 Å². The Morgan fingerprint density at radius 2 is 1.85 bits per heavy atom. The van der Waals surface area contributed by atoms with E-state index in [4.69, 9.17) is 13.7 Å². The first-order valence-electron chi connectivity index (χ1n) is 8.78. The molecule has 0 aliphatic carbocycles. The van der Waals surface area contributed by atoms with Gasteiger partial charge in [0.1, 0.15) is 16.9 Å².